The van der Waals surface area contributed by atoms with Gasteiger partial charge >= 0.3 is 8.56 Å². The monoisotopic (exact) mass is 249 g/mol. The number of hydrogen-bond donors (Lipinski definition) is 1. The minimum absolute atomic E-state index is 0.762. The minimum atomic E-state index is -1.84. The van der Waals surface area contributed by atoms with Gasteiger partial charge in [0, 0.05) is 13.7 Å². The fourth-order valence-electron chi connectivity index (χ4n) is 1.41. The van der Waals surface area contributed by atoms with Gasteiger partial charge in [-0.25, -0.2) is 0 Å². The van der Waals surface area contributed by atoms with Gasteiger partial charge < -0.3 is 13.8 Å². The Bertz CT molecular complexity index is 173. The van der Waals surface area contributed by atoms with E-state index in [1.165, 1.54) is 0 Å². The fourth-order valence-corrected chi connectivity index (χ4v) is 4.23. The Kier molecular flexibility index (Phi) is 6.94. The minimum Gasteiger partial charge on any atom is -0.398 e. The van der Waals surface area contributed by atoms with E-state index in [1.54, 1.807) is 7.11 Å². The Hall–Kier alpha value is 0.314. The molecule has 0 aliphatic rings. The van der Waals surface area contributed by atoms with E-state index in [-0.39, 0.29) is 0 Å². The zero-order valence-corrected chi connectivity index (χ0v) is 13.1. The van der Waals surface area contributed by atoms with E-state index in [2.05, 4.69) is 31.2 Å². The third-order valence-corrected chi connectivity index (χ3v) is 6.68. The van der Waals surface area contributed by atoms with Gasteiger partial charge in [-0.1, -0.05) is 19.6 Å². The molecule has 0 heterocycles. The highest BCUT2D eigenvalue weighted by Crippen LogP contribution is 2.14. The van der Waals surface area contributed by atoms with Crippen LogP contribution in [-0.4, -0.2) is 37.1 Å². The van der Waals surface area contributed by atoms with Crippen molar-refractivity contribution in [1.29, 1.82) is 0 Å². The van der Waals surface area contributed by atoms with Gasteiger partial charge in [0.25, 0.3) is 0 Å². The van der Waals surface area contributed by atoms with Crippen LogP contribution < -0.4 is 4.98 Å². The summed E-state index contributed by atoms with van der Waals surface area (Å²) in [5, 5.41) is 0. The maximum Gasteiger partial charge on any atom is 0.334 e. The maximum absolute atomic E-state index is 5.71. The molecular formula is C10H27NO2Si2. The molecule has 1 unspecified atom stereocenters. The average molecular weight is 250 g/mol. The fraction of sp³-hybridized carbons (Fsp3) is 1.00. The molecule has 0 saturated heterocycles. The molecule has 0 aliphatic heterocycles. The topological polar surface area (TPSA) is 30.5 Å². The van der Waals surface area contributed by atoms with Crippen LogP contribution in [0.1, 0.15) is 13.3 Å². The van der Waals surface area contributed by atoms with Crippen LogP contribution in [0.4, 0.5) is 0 Å². The molecule has 0 aliphatic carbocycles. The second kappa shape index (κ2) is 6.80. The first-order chi connectivity index (χ1) is 6.83. The van der Waals surface area contributed by atoms with Crippen molar-refractivity contribution < 1.29 is 8.85 Å². The highest BCUT2D eigenvalue weighted by Gasteiger charge is 2.28. The van der Waals surface area contributed by atoms with Crippen molar-refractivity contribution in [3.8, 4) is 0 Å². The molecule has 0 fully saturated rings. The molecule has 0 rings (SSSR count). The highest BCUT2D eigenvalue weighted by atomic mass is 28.4. The lowest BCUT2D eigenvalue weighted by atomic mass is 10.5. The highest BCUT2D eigenvalue weighted by molar-refractivity contribution is 6.73. The summed E-state index contributed by atoms with van der Waals surface area (Å²) >= 11 is 0. The van der Waals surface area contributed by atoms with Gasteiger partial charge in [-0.2, -0.15) is 0 Å². The molecule has 0 radical (unpaired) electrons. The zero-order chi connectivity index (χ0) is 11.9. The van der Waals surface area contributed by atoms with E-state index in [0.29, 0.717) is 0 Å². The van der Waals surface area contributed by atoms with E-state index in [0.717, 1.165) is 25.6 Å². The van der Waals surface area contributed by atoms with Crippen LogP contribution >= 0.6 is 0 Å². The standard InChI is InChI=1S/C10H27NO2Si2/c1-7-13-15(6,12-2)10-8-9-11-14(3,4)5/h11H,7-10H2,1-6H3. The molecule has 3 nitrogen and oxygen atoms in total. The first kappa shape index (κ1) is 15.3. The molecule has 0 amide bonds. The number of rotatable bonds is 8. The molecular weight excluding hydrogens is 222 g/mol. The second-order valence-corrected chi connectivity index (χ2v) is 13.4. The average Bonchev–Trinajstić information content (AvgIpc) is 2.12. The lowest BCUT2D eigenvalue weighted by Gasteiger charge is -2.25. The van der Waals surface area contributed by atoms with Crippen LogP contribution in [-0.2, 0) is 8.85 Å². The van der Waals surface area contributed by atoms with Crippen molar-refractivity contribution in [2.45, 2.75) is 45.6 Å². The summed E-state index contributed by atoms with van der Waals surface area (Å²) in [5.41, 5.74) is 0. The molecule has 5 heteroatoms. The van der Waals surface area contributed by atoms with Gasteiger partial charge in [-0.15, -0.1) is 0 Å². The van der Waals surface area contributed by atoms with Crippen LogP contribution in [0, 0.1) is 0 Å². The number of nitrogens with one attached hydrogen (secondary N) is 1. The van der Waals surface area contributed by atoms with Crippen LogP contribution in [0.15, 0.2) is 0 Å². The Labute approximate surface area is 96.9 Å². The van der Waals surface area contributed by atoms with Gasteiger partial charge in [-0.3, -0.25) is 0 Å². The van der Waals surface area contributed by atoms with Crippen molar-refractivity contribution in [1.82, 2.24) is 4.98 Å². The van der Waals surface area contributed by atoms with Crippen molar-refractivity contribution in [3.05, 3.63) is 0 Å². The summed E-state index contributed by atoms with van der Waals surface area (Å²) in [6.45, 7) is 13.0. The van der Waals surface area contributed by atoms with E-state index < -0.39 is 16.8 Å². The van der Waals surface area contributed by atoms with E-state index in [9.17, 15) is 0 Å². The molecule has 0 aromatic rings. The van der Waals surface area contributed by atoms with Crippen molar-refractivity contribution in [2.24, 2.45) is 0 Å². The van der Waals surface area contributed by atoms with E-state index >= 15 is 0 Å². The van der Waals surface area contributed by atoms with Gasteiger partial charge in [0.05, 0.1) is 0 Å². The molecule has 1 N–H and O–H groups in total. The predicted octanol–water partition coefficient (Wildman–Crippen LogP) is 2.56. The second-order valence-electron chi connectivity index (χ2n) is 5.05. The quantitative estimate of drug-likeness (QED) is 0.530. The zero-order valence-electron chi connectivity index (χ0n) is 11.1. The van der Waals surface area contributed by atoms with Gasteiger partial charge in [0.15, 0.2) is 0 Å². The predicted molar refractivity (Wildman–Crippen MR) is 71.0 cm³/mol. The molecule has 0 saturated carbocycles. The molecule has 1 atom stereocenters. The molecule has 92 valence electrons. The smallest absolute Gasteiger partial charge is 0.334 e. The van der Waals surface area contributed by atoms with Crippen LogP contribution in [0.5, 0.6) is 0 Å². The van der Waals surface area contributed by atoms with Gasteiger partial charge in [0.2, 0.25) is 0 Å². The molecule has 15 heavy (non-hydrogen) atoms. The maximum atomic E-state index is 5.71. The van der Waals surface area contributed by atoms with Crippen molar-refractivity contribution in [2.75, 3.05) is 20.3 Å². The van der Waals surface area contributed by atoms with Crippen LogP contribution in [0.2, 0.25) is 32.2 Å². The van der Waals surface area contributed by atoms with Crippen molar-refractivity contribution in [3.63, 3.8) is 0 Å². The first-order valence-electron chi connectivity index (χ1n) is 5.77. The summed E-state index contributed by atoms with van der Waals surface area (Å²) in [4.78, 5) is 3.61. The third-order valence-electron chi connectivity index (χ3n) is 2.34. The lowest BCUT2D eigenvalue weighted by Crippen LogP contribution is -2.43. The van der Waals surface area contributed by atoms with Gasteiger partial charge in [-0.05, 0) is 32.5 Å². The lowest BCUT2D eigenvalue weighted by molar-refractivity contribution is 0.214. The van der Waals surface area contributed by atoms with Crippen LogP contribution in [0.25, 0.3) is 0 Å². The molecule has 0 bridgehead atoms. The third kappa shape index (κ3) is 8.16. The van der Waals surface area contributed by atoms with E-state index in [1.807, 2.05) is 6.92 Å². The Morgan fingerprint density at radius 1 is 1.13 bits per heavy atom. The van der Waals surface area contributed by atoms with Crippen LogP contribution in [0.3, 0.4) is 0 Å². The van der Waals surface area contributed by atoms with Crippen molar-refractivity contribution >= 4 is 16.8 Å². The largest absolute Gasteiger partial charge is 0.398 e. The Morgan fingerprint density at radius 2 is 1.73 bits per heavy atom. The molecule has 0 spiro atoms. The normalized spacial score (nSPS) is 16.4. The van der Waals surface area contributed by atoms with Gasteiger partial charge in [0.1, 0.15) is 8.24 Å². The Balaban J connectivity index is 3.73. The summed E-state index contributed by atoms with van der Waals surface area (Å²) < 4.78 is 11.2. The Morgan fingerprint density at radius 3 is 2.13 bits per heavy atom. The SMILES string of the molecule is CCO[Si](C)(CCCN[Si](C)(C)C)OC. The summed E-state index contributed by atoms with van der Waals surface area (Å²) in [6, 6.07) is 1.08. The summed E-state index contributed by atoms with van der Waals surface area (Å²) in [6.07, 6.45) is 1.15. The summed E-state index contributed by atoms with van der Waals surface area (Å²) in [5.74, 6) is 0. The molecule has 0 aromatic carbocycles. The number of hydrogen-bond acceptors (Lipinski definition) is 3. The first-order valence-corrected chi connectivity index (χ1v) is 11.8. The summed E-state index contributed by atoms with van der Waals surface area (Å²) in [7, 11) is -1.17. The van der Waals surface area contributed by atoms with E-state index in [4.69, 9.17) is 8.85 Å². The molecule has 0 aromatic heterocycles.